The Hall–Kier alpha value is -0.0400. The lowest BCUT2D eigenvalue weighted by Gasteiger charge is -2.39. The van der Waals surface area contributed by atoms with E-state index >= 15 is 0 Å². The molecular formula is C12H27N. The van der Waals surface area contributed by atoms with Crippen LogP contribution in [0.15, 0.2) is 0 Å². The maximum atomic E-state index is 3.36. The van der Waals surface area contributed by atoms with Gasteiger partial charge in [0.2, 0.25) is 0 Å². The summed E-state index contributed by atoms with van der Waals surface area (Å²) in [4.78, 5) is 0. The SMILES string of the molecule is CC.CC.CC1CCC2(CNC2)C1. The molecule has 2 rings (SSSR count). The van der Waals surface area contributed by atoms with Crippen molar-refractivity contribution in [3.8, 4) is 0 Å². The van der Waals surface area contributed by atoms with E-state index in [1.54, 1.807) is 0 Å². The van der Waals surface area contributed by atoms with E-state index in [1.165, 1.54) is 32.4 Å². The minimum Gasteiger partial charge on any atom is -0.316 e. The van der Waals surface area contributed by atoms with Crippen molar-refractivity contribution >= 4 is 0 Å². The summed E-state index contributed by atoms with van der Waals surface area (Å²) in [6.07, 6.45) is 4.45. The summed E-state index contributed by atoms with van der Waals surface area (Å²) >= 11 is 0. The zero-order valence-electron chi connectivity index (χ0n) is 10.1. The number of hydrogen-bond donors (Lipinski definition) is 1. The van der Waals surface area contributed by atoms with Crippen LogP contribution < -0.4 is 5.32 Å². The summed E-state index contributed by atoms with van der Waals surface area (Å²) in [6.45, 7) is 13.0. The highest BCUT2D eigenvalue weighted by Crippen LogP contribution is 2.43. The van der Waals surface area contributed by atoms with E-state index in [2.05, 4.69) is 12.2 Å². The van der Waals surface area contributed by atoms with E-state index in [1.807, 2.05) is 27.7 Å². The first kappa shape index (κ1) is 13.0. The summed E-state index contributed by atoms with van der Waals surface area (Å²) in [5.41, 5.74) is 0.777. The van der Waals surface area contributed by atoms with Gasteiger partial charge in [-0.3, -0.25) is 0 Å². The van der Waals surface area contributed by atoms with E-state index in [0.29, 0.717) is 0 Å². The second kappa shape index (κ2) is 6.42. The van der Waals surface area contributed by atoms with Crippen LogP contribution in [-0.2, 0) is 0 Å². The average molecular weight is 185 g/mol. The fourth-order valence-corrected chi connectivity index (χ4v) is 2.30. The highest BCUT2D eigenvalue weighted by molar-refractivity contribution is 4.97. The molecule has 1 heterocycles. The maximum Gasteiger partial charge on any atom is 0.00203 e. The molecule has 1 aliphatic carbocycles. The minimum absolute atomic E-state index is 0.777. The Bertz CT molecular complexity index is 116. The Balaban J connectivity index is 0.000000322. The Morgan fingerprint density at radius 2 is 1.62 bits per heavy atom. The van der Waals surface area contributed by atoms with Crippen LogP contribution in [0.3, 0.4) is 0 Å². The second-order valence-electron chi connectivity index (χ2n) is 3.95. The molecule has 2 fully saturated rings. The molecule has 0 bridgehead atoms. The van der Waals surface area contributed by atoms with Crippen LogP contribution >= 0.6 is 0 Å². The predicted octanol–water partition coefficient (Wildman–Crippen LogP) is 3.45. The van der Waals surface area contributed by atoms with Gasteiger partial charge in [-0.05, 0) is 24.2 Å². The maximum absolute atomic E-state index is 3.36. The molecule has 0 amide bonds. The molecule has 13 heavy (non-hydrogen) atoms. The molecule has 1 saturated heterocycles. The third-order valence-corrected chi connectivity index (χ3v) is 2.95. The van der Waals surface area contributed by atoms with Gasteiger partial charge in [-0.15, -0.1) is 0 Å². The summed E-state index contributed by atoms with van der Waals surface area (Å²) in [6, 6.07) is 0. The van der Waals surface area contributed by atoms with Crippen molar-refractivity contribution in [1.82, 2.24) is 5.32 Å². The van der Waals surface area contributed by atoms with Crippen molar-refractivity contribution < 1.29 is 0 Å². The number of rotatable bonds is 0. The van der Waals surface area contributed by atoms with Crippen molar-refractivity contribution in [1.29, 1.82) is 0 Å². The van der Waals surface area contributed by atoms with Gasteiger partial charge in [-0.2, -0.15) is 0 Å². The topological polar surface area (TPSA) is 12.0 Å². The van der Waals surface area contributed by atoms with E-state index in [0.717, 1.165) is 11.3 Å². The largest absolute Gasteiger partial charge is 0.316 e. The van der Waals surface area contributed by atoms with Crippen molar-refractivity contribution in [3.63, 3.8) is 0 Å². The minimum atomic E-state index is 0.777. The van der Waals surface area contributed by atoms with Crippen LogP contribution in [0.1, 0.15) is 53.9 Å². The summed E-state index contributed by atoms with van der Waals surface area (Å²) in [5.74, 6) is 1.01. The van der Waals surface area contributed by atoms with Gasteiger partial charge in [-0.1, -0.05) is 41.0 Å². The van der Waals surface area contributed by atoms with Crippen LogP contribution in [0.25, 0.3) is 0 Å². The van der Waals surface area contributed by atoms with Crippen LogP contribution in [0.2, 0.25) is 0 Å². The first-order valence-electron chi connectivity index (χ1n) is 6.02. The standard InChI is InChI=1S/C8H15N.2C2H6/c1-7-2-3-8(4-7)5-9-6-8;2*1-2/h7,9H,2-6H2,1H3;2*1-2H3. The molecule has 0 aromatic rings. The fourth-order valence-electron chi connectivity index (χ4n) is 2.30. The molecule has 1 saturated carbocycles. The van der Waals surface area contributed by atoms with Gasteiger partial charge in [-0.25, -0.2) is 0 Å². The molecule has 1 atom stereocenters. The Morgan fingerprint density at radius 1 is 1.08 bits per heavy atom. The van der Waals surface area contributed by atoms with Crippen LogP contribution in [0, 0.1) is 11.3 Å². The lowest BCUT2D eigenvalue weighted by Crippen LogP contribution is -2.51. The highest BCUT2D eigenvalue weighted by Gasteiger charge is 2.41. The molecule has 2 aliphatic rings. The van der Waals surface area contributed by atoms with Crippen molar-refractivity contribution in [2.24, 2.45) is 11.3 Å². The zero-order valence-corrected chi connectivity index (χ0v) is 10.1. The molecule has 1 spiro atoms. The molecular weight excluding hydrogens is 158 g/mol. The van der Waals surface area contributed by atoms with Gasteiger partial charge in [0.15, 0.2) is 0 Å². The Labute approximate surface area is 84.3 Å². The molecule has 1 N–H and O–H groups in total. The molecule has 0 aromatic heterocycles. The molecule has 1 nitrogen and oxygen atoms in total. The zero-order chi connectivity index (χ0) is 10.3. The van der Waals surface area contributed by atoms with Gasteiger partial charge in [0, 0.05) is 13.1 Å². The number of nitrogens with one attached hydrogen (secondary N) is 1. The quantitative estimate of drug-likeness (QED) is 0.609. The summed E-state index contributed by atoms with van der Waals surface area (Å²) in [5, 5.41) is 3.36. The van der Waals surface area contributed by atoms with Gasteiger partial charge in [0.05, 0.1) is 0 Å². The molecule has 1 aliphatic heterocycles. The Morgan fingerprint density at radius 3 is 1.77 bits per heavy atom. The summed E-state index contributed by atoms with van der Waals surface area (Å²) < 4.78 is 0. The fraction of sp³-hybridized carbons (Fsp3) is 1.00. The van der Waals surface area contributed by atoms with Crippen molar-refractivity contribution in [2.75, 3.05) is 13.1 Å². The van der Waals surface area contributed by atoms with Gasteiger partial charge in [0.1, 0.15) is 0 Å². The molecule has 80 valence electrons. The third kappa shape index (κ3) is 3.30. The predicted molar refractivity (Wildman–Crippen MR) is 61.0 cm³/mol. The van der Waals surface area contributed by atoms with Crippen LogP contribution in [0.5, 0.6) is 0 Å². The van der Waals surface area contributed by atoms with E-state index in [9.17, 15) is 0 Å². The third-order valence-electron chi connectivity index (χ3n) is 2.95. The normalized spacial score (nSPS) is 27.9. The van der Waals surface area contributed by atoms with Crippen molar-refractivity contribution in [3.05, 3.63) is 0 Å². The van der Waals surface area contributed by atoms with Crippen LogP contribution in [-0.4, -0.2) is 13.1 Å². The second-order valence-corrected chi connectivity index (χ2v) is 3.95. The smallest absolute Gasteiger partial charge is 0.00203 e. The van der Waals surface area contributed by atoms with E-state index in [-0.39, 0.29) is 0 Å². The molecule has 1 heteroatoms. The first-order valence-corrected chi connectivity index (χ1v) is 6.02. The lowest BCUT2D eigenvalue weighted by atomic mass is 9.80. The van der Waals surface area contributed by atoms with Crippen LogP contribution in [0.4, 0.5) is 0 Å². The lowest BCUT2D eigenvalue weighted by molar-refractivity contribution is 0.171. The molecule has 1 unspecified atom stereocenters. The van der Waals surface area contributed by atoms with Crippen molar-refractivity contribution in [2.45, 2.75) is 53.9 Å². The van der Waals surface area contributed by atoms with Gasteiger partial charge < -0.3 is 5.32 Å². The summed E-state index contributed by atoms with van der Waals surface area (Å²) in [7, 11) is 0. The Kier molecular flexibility index (Phi) is 6.40. The van der Waals surface area contributed by atoms with Gasteiger partial charge >= 0.3 is 0 Å². The number of hydrogen-bond acceptors (Lipinski definition) is 1. The average Bonchev–Trinajstić information content (AvgIpc) is 2.54. The molecule has 0 aromatic carbocycles. The van der Waals surface area contributed by atoms with E-state index in [4.69, 9.17) is 0 Å². The highest BCUT2D eigenvalue weighted by atomic mass is 15.0. The molecule has 0 radical (unpaired) electrons. The monoisotopic (exact) mass is 185 g/mol. The first-order chi connectivity index (χ1) is 6.31. The van der Waals surface area contributed by atoms with Gasteiger partial charge in [0.25, 0.3) is 0 Å². The van der Waals surface area contributed by atoms with E-state index < -0.39 is 0 Å².